The van der Waals surface area contributed by atoms with Crippen LogP contribution in [0.25, 0.3) is 0 Å². The molecule has 0 radical (unpaired) electrons. The van der Waals surface area contributed by atoms with Gasteiger partial charge in [-0.15, -0.1) is 0 Å². The van der Waals surface area contributed by atoms with E-state index >= 15 is 0 Å². The number of nitrogens with zero attached hydrogens (tertiary/aromatic N) is 1. The van der Waals surface area contributed by atoms with Gasteiger partial charge in [-0.3, -0.25) is 0 Å². The lowest BCUT2D eigenvalue weighted by Crippen LogP contribution is -2.40. The van der Waals surface area contributed by atoms with Crippen molar-refractivity contribution in [2.75, 3.05) is 13.1 Å². The van der Waals surface area contributed by atoms with Gasteiger partial charge in [-0.25, -0.2) is 18.1 Å². The fourth-order valence-corrected chi connectivity index (χ4v) is 3.51. The van der Waals surface area contributed by atoms with Crippen molar-refractivity contribution in [2.24, 2.45) is 5.41 Å². The van der Waals surface area contributed by atoms with Crippen LogP contribution in [0.5, 0.6) is 0 Å². The van der Waals surface area contributed by atoms with Crippen molar-refractivity contribution in [1.29, 1.82) is 0 Å². The molecule has 1 aliphatic carbocycles. The van der Waals surface area contributed by atoms with E-state index in [1.807, 2.05) is 6.07 Å². The summed E-state index contributed by atoms with van der Waals surface area (Å²) in [6, 6.07) is 3.39. The van der Waals surface area contributed by atoms with Crippen molar-refractivity contribution in [3.05, 3.63) is 23.9 Å². The Balaban J connectivity index is 1.93. The van der Waals surface area contributed by atoms with E-state index in [9.17, 15) is 8.42 Å². The van der Waals surface area contributed by atoms with E-state index in [0.29, 0.717) is 13.1 Å². The number of aromatic nitrogens is 1. The highest BCUT2D eigenvalue weighted by Gasteiger charge is 2.33. The third-order valence-electron chi connectivity index (χ3n) is 4.08. The standard InChI is InChI=1S/C15H25N3O2S/c1-3-9-16-10-13-5-6-14(17-11-13)21(19,20)18-12-15(2)7-4-8-15/h5-6,11,16,18H,3-4,7-10,12H2,1-2H3. The second-order valence-corrected chi connectivity index (χ2v) is 7.88. The molecule has 0 saturated heterocycles. The van der Waals surface area contributed by atoms with E-state index in [0.717, 1.165) is 31.4 Å². The van der Waals surface area contributed by atoms with Crippen LogP contribution in [-0.2, 0) is 16.6 Å². The molecule has 0 aromatic carbocycles. The molecule has 1 saturated carbocycles. The smallest absolute Gasteiger partial charge is 0.258 e. The monoisotopic (exact) mass is 311 g/mol. The summed E-state index contributed by atoms with van der Waals surface area (Å²) in [6.07, 6.45) is 6.07. The zero-order valence-electron chi connectivity index (χ0n) is 12.9. The minimum absolute atomic E-state index is 0.102. The van der Waals surface area contributed by atoms with Gasteiger partial charge in [-0.1, -0.05) is 26.3 Å². The second kappa shape index (κ2) is 6.85. The first-order chi connectivity index (χ1) is 9.95. The van der Waals surface area contributed by atoms with Crippen LogP contribution in [0.3, 0.4) is 0 Å². The van der Waals surface area contributed by atoms with E-state index < -0.39 is 10.0 Å². The number of nitrogens with one attached hydrogen (secondary N) is 2. The van der Waals surface area contributed by atoms with E-state index in [2.05, 4.69) is 28.9 Å². The number of sulfonamides is 1. The molecule has 0 bridgehead atoms. The van der Waals surface area contributed by atoms with Crippen molar-refractivity contribution in [2.45, 2.75) is 51.1 Å². The molecule has 21 heavy (non-hydrogen) atoms. The van der Waals surface area contributed by atoms with Crippen molar-refractivity contribution in [3.63, 3.8) is 0 Å². The molecular weight excluding hydrogens is 286 g/mol. The summed E-state index contributed by atoms with van der Waals surface area (Å²) in [6.45, 7) is 6.38. The summed E-state index contributed by atoms with van der Waals surface area (Å²) in [5.74, 6) is 0. The number of pyridine rings is 1. The van der Waals surface area contributed by atoms with Gasteiger partial charge in [0.2, 0.25) is 0 Å². The molecule has 1 aromatic rings. The normalized spacial score (nSPS) is 17.4. The third kappa shape index (κ3) is 4.49. The average molecular weight is 311 g/mol. The van der Waals surface area contributed by atoms with Crippen molar-refractivity contribution in [3.8, 4) is 0 Å². The van der Waals surface area contributed by atoms with Gasteiger partial charge in [0.05, 0.1) is 0 Å². The summed E-state index contributed by atoms with van der Waals surface area (Å²) < 4.78 is 27.1. The van der Waals surface area contributed by atoms with Gasteiger partial charge in [0.25, 0.3) is 10.0 Å². The highest BCUT2D eigenvalue weighted by Crippen LogP contribution is 2.39. The number of hydrogen-bond acceptors (Lipinski definition) is 4. The average Bonchev–Trinajstić information content (AvgIpc) is 2.44. The highest BCUT2D eigenvalue weighted by molar-refractivity contribution is 7.89. The Kier molecular flexibility index (Phi) is 5.35. The van der Waals surface area contributed by atoms with Gasteiger partial charge >= 0.3 is 0 Å². The van der Waals surface area contributed by atoms with E-state index in [1.54, 1.807) is 12.3 Å². The third-order valence-corrected chi connectivity index (χ3v) is 5.39. The zero-order valence-corrected chi connectivity index (χ0v) is 13.7. The Labute approximate surface area is 127 Å². The van der Waals surface area contributed by atoms with Crippen molar-refractivity contribution in [1.82, 2.24) is 15.0 Å². The Morgan fingerprint density at radius 2 is 2.10 bits per heavy atom. The summed E-state index contributed by atoms with van der Waals surface area (Å²) >= 11 is 0. The Hall–Kier alpha value is -0.980. The number of rotatable bonds is 8. The molecule has 2 N–H and O–H groups in total. The Morgan fingerprint density at radius 3 is 2.62 bits per heavy atom. The van der Waals surface area contributed by atoms with Crippen LogP contribution in [0.4, 0.5) is 0 Å². The van der Waals surface area contributed by atoms with Crippen LogP contribution >= 0.6 is 0 Å². The van der Waals surface area contributed by atoms with E-state index in [4.69, 9.17) is 0 Å². The fourth-order valence-electron chi connectivity index (χ4n) is 2.38. The summed E-state index contributed by atoms with van der Waals surface area (Å²) in [7, 11) is -3.49. The van der Waals surface area contributed by atoms with Gasteiger partial charge < -0.3 is 5.32 Å². The molecule has 0 atom stereocenters. The molecule has 2 rings (SSSR count). The van der Waals surface area contributed by atoms with Gasteiger partial charge in [0, 0.05) is 19.3 Å². The van der Waals surface area contributed by atoms with E-state index in [1.165, 1.54) is 6.42 Å². The van der Waals surface area contributed by atoms with Crippen LogP contribution < -0.4 is 10.0 Å². The minimum atomic E-state index is -3.49. The Morgan fingerprint density at radius 1 is 1.33 bits per heavy atom. The molecule has 5 nitrogen and oxygen atoms in total. The molecule has 0 aliphatic heterocycles. The second-order valence-electron chi connectivity index (χ2n) is 6.17. The summed E-state index contributed by atoms with van der Waals surface area (Å²) in [4.78, 5) is 4.08. The van der Waals surface area contributed by atoms with Crippen LogP contribution in [0.15, 0.2) is 23.4 Å². The van der Waals surface area contributed by atoms with Crippen LogP contribution in [0.1, 0.15) is 45.1 Å². The predicted molar refractivity (Wildman–Crippen MR) is 83.4 cm³/mol. The van der Waals surface area contributed by atoms with Crippen LogP contribution in [0, 0.1) is 5.41 Å². The molecule has 118 valence electrons. The first-order valence-electron chi connectivity index (χ1n) is 7.60. The highest BCUT2D eigenvalue weighted by atomic mass is 32.2. The Bertz CT molecular complexity index is 551. The number of hydrogen-bond donors (Lipinski definition) is 2. The van der Waals surface area contributed by atoms with Crippen LogP contribution in [0.2, 0.25) is 0 Å². The topological polar surface area (TPSA) is 71.1 Å². The van der Waals surface area contributed by atoms with Crippen molar-refractivity contribution >= 4 is 10.0 Å². The molecule has 1 aliphatic rings. The predicted octanol–water partition coefficient (Wildman–Crippen LogP) is 2.05. The maximum atomic E-state index is 12.2. The maximum Gasteiger partial charge on any atom is 0.258 e. The lowest BCUT2D eigenvalue weighted by atomic mass is 9.71. The molecule has 0 spiro atoms. The lowest BCUT2D eigenvalue weighted by molar-refractivity contribution is 0.166. The first-order valence-corrected chi connectivity index (χ1v) is 9.09. The lowest BCUT2D eigenvalue weighted by Gasteiger charge is -2.38. The molecule has 0 unspecified atom stereocenters. The largest absolute Gasteiger partial charge is 0.313 e. The molecule has 1 aromatic heterocycles. The molecular formula is C15H25N3O2S. The fraction of sp³-hybridized carbons (Fsp3) is 0.667. The van der Waals surface area contributed by atoms with Gasteiger partial charge in [0.1, 0.15) is 0 Å². The molecule has 6 heteroatoms. The summed E-state index contributed by atoms with van der Waals surface area (Å²) in [5, 5.41) is 3.37. The summed E-state index contributed by atoms with van der Waals surface area (Å²) in [5.41, 5.74) is 1.12. The first kappa shape index (κ1) is 16.4. The molecule has 1 fully saturated rings. The SMILES string of the molecule is CCCNCc1ccc(S(=O)(=O)NCC2(C)CCC2)nc1. The quantitative estimate of drug-likeness (QED) is 0.721. The minimum Gasteiger partial charge on any atom is -0.313 e. The van der Waals surface area contributed by atoms with Gasteiger partial charge in [-0.2, -0.15) is 0 Å². The van der Waals surface area contributed by atoms with E-state index in [-0.39, 0.29) is 10.4 Å². The molecule has 1 heterocycles. The van der Waals surface area contributed by atoms with Gasteiger partial charge in [-0.05, 0) is 42.9 Å². The molecule has 0 amide bonds. The van der Waals surface area contributed by atoms with Gasteiger partial charge in [0.15, 0.2) is 5.03 Å². The zero-order chi connectivity index (χ0) is 15.3. The van der Waals surface area contributed by atoms with Crippen LogP contribution in [-0.4, -0.2) is 26.5 Å². The van der Waals surface area contributed by atoms with Crippen molar-refractivity contribution < 1.29 is 8.42 Å². The maximum absolute atomic E-state index is 12.2.